The molecule has 3 aromatic rings. The van der Waals surface area contributed by atoms with Gasteiger partial charge in [0.2, 0.25) is 11.5 Å². The fourth-order valence-corrected chi connectivity index (χ4v) is 4.43. The van der Waals surface area contributed by atoms with E-state index in [1.807, 2.05) is 29.2 Å². The van der Waals surface area contributed by atoms with Crippen molar-refractivity contribution in [3.05, 3.63) is 76.1 Å². The van der Waals surface area contributed by atoms with Crippen molar-refractivity contribution >= 4 is 16.8 Å². The van der Waals surface area contributed by atoms with Crippen LogP contribution in [0.1, 0.15) is 57.6 Å². The molecule has 0 atom stereocenters. The van der Waals surface area contributed by atoms with Crippen LogP contribution in [0.25, 0.3) is 10.9 Å². The summed E-state index contributed by atoms with van der Waals surface area (Å²) in [5, 5.41) is 10.9. The Morgan fingerprint density at radius 1 is 0.944 bits per heavy atom. The van der Waals surface area contributed by atoms with Gasteiger partial charge in [0.25, 0.3) is 0 Å². The second kappa shape index (κ2) is 13.3. The van der Waals surface area contributed by atoms with E-state index < -0.39 is 0 Å². The van der Waals surface area contributed by atoms with Crippen LogP contribution in [-0.2, 0) is 22.4 Å². The number of hydrogen-bond acceptors (Lipinski definition) is 4. The number of hydrogen-bond donors (Lipinski definition) is 2. The summed E-state index contributed by atoms with van der Waals surface area (Å²) in [5.41, 5.74) is 2.65. The smallest absolute Gasteiger partial charge is 0.248 e. The average molecular weight is 493 g/mol. The van der Waals surface area contributed by atoms with Crippen molar-refractivity contribution in [3.63, 3.8) is 0 Å². The zero-order valence-electron chi connectivity index (χ0n) is 21.9. The van der Waals surface area contributed by atoms with E-state index in [9.17, 15) is 14.7 Å². The monoisotopic (exact) mass is 492 g/mol. The first-order valence-corrected chi connectivity index (χ1v) is 13.0. The standard InChI is InChI=1S/C30H40N2O4/c1-30(2,3)22-32(28(35)18-21-36-20-17-23-10-6-4-7-11-23)19-9-5-8-12-24-13-15-26(33)29-25(24)14-16-27(34)31-29/h4,6-7,10-11,13-16,33H,5,8-9,12,17-22H2,1-3H3,(H,31,34). The van der Waals surface area contributed by atoms with Crippen molar-refractivity contribution in [3.8, 4) is 5.75 Å². The fourth-order valence-electron chi connectivity index (χ4n) is 4.43. The van der Waals surface area contributed by atoms with E-state index in [0.29, 0.717) is 25.2 Å². The minimum atomic E-state index is -0.222. The molecule has 1 heterocycles. The number of amides is 1. The molecule has 0 aliphatic rings. The minimum absolute atomic E-state index is 0.0334. The van der Waals surface area contributed by atoms with Crippen LogP contribution in [0.5, 0.6) is 5.75 Å². The molecule has 0 fully saturated rings. The van der Waals surface area contributed by atoms with E-state index in [2.05, 4.69) is 37.9 Å². The number of aromatic hydroxyl groups is 1. The Balaban J connectivity index is 1.43. The number of ether oxygens (including phenoxy) is 1. The van der Waals surface area contributed by atoms with Crippen molar-refractivity contribution in [1.82, 2.24) is 9.88 Å². The predicted molar refractivity (Wildman–Crippen MR) is 145 cm³/mol. The number of aromatic nitrogens is 1. The maximum Gasteiger partial charge on any atom is 0.248 e. The van der Waals surface area contributed by atoms with Gasteiger partial charge in [-0.1, -0.05) is 63.6 Å². The zero-order valence-corrected chi connectivity index (χ0v) is 21.9. The lowest BCUT2D eigenvalue weighted by Crippen LogP contribution is -2.39. The van der Waals surface area contributed by atoms with Crippen LogP contribution in [0.2, 0.25) is 0 Å². The Kier molecular flexibility index (Phi) is 10.1. The van der Waals surface area contributed by atoms with Gasteiger partial charge in [-0.15, -0.1) is 0 Å². The Bertz CT molecular complexity index is 1170. The van der Waals surface area contributed by atoms with Crippen LogP contribution in [0.4, 0.5) is 0 Å². The summed E-state index contributed by atoms with van der Waals surface area (Å²) in [5.74, 6) is 0.241. The lowest BCUT2D eigenvalue weighted by atomic mass is 9.95. The number of aryl methyl sites for hydroxylation is 1. The number of H-pyrrole nitrogens is 1. The maximum atomic E-state index is 12.9. The fraction of sp³-hybridized carbons (Fsp3) is 0.467. The van der Waals surface area contributed by atoms with Gasteiger partial charge in [0.1, 0.15) is 5.75 Å². The first-order valence-electron chi connectivity index (χ1n) is 13.0. The van der Waals surface area contributed by atoms with Gasteiger partial charge in [-0.25, -0.2) is 0 Å². The quantitative estimate of drug-likeness (QED) is 0.310. The van der Waals surface area contributed by atoms with Gasteiger partial charge < -0.3 is 19.7 Å². The number of rotatable bonds is 13. The van der Waals surface area contributed by atoms with E-state index in [0.717, 1.165) is 56.1 Å². The van der Waals surface area contributed by atoms with Crippen LogP contribution in [0, 0.1) is 5.41 Å². The zero-order chi connectivity index (χ0) is 26.0. The molecular weight excluding hydrogens is 452 g/mol. The molecule has 194 valence electrons. The molecule has 1 aromatic heterocycles. The number of nitrogens with one attached hydrogen (secondary N) is 1. The largest absolute Gasteiger partial charge is 0.506 e. The highest BCUT2D eigenvalue weighted by Crippen LogP contribution is 2.26. The molecule has 0 aliphatic carbocycles. The van der Waals surface area contributed by atoms with Crippen molar-refractivity contribution in [2.75, 3.05) is 26.3 Å². The number of phenols is 1. The topological polar surface area (TPSA) is 82.6 Å². The Morgan fingerprint density at radius 2 is 1.72 bits per heavy atom. The van der Waals surface area contributed by atoms with Gasteiger partial charge in [-0.3, -0.25) is 9.59 Å². The number of fused-ring (bicyclic) bond motifs is 1. The first kappa shape index (κ1) is 27.5. The van der Waals surface area contributed by atoms with Gasteiger partial charge >= 0.3 is 0 Å². The normalized spacial score (nSPS) is 11.6. The van der Waals surface area contributed by atoms with Crippen LogP contribution in [0.15, 0.2) is 59.4 Å². The third-order valence-corrected chi connectivity index (χ3v) is 6.19. The second-order valence-electron chi connectivity index (χ2n) is 10.6. The summed E-state index contributed by atoms with van der Waals surface area (Å²) in [6, 6.07) is 17.1. The minimum Gasteiger partial charge on any atom is -0.506 e. The van der Waals surface area contributed by atoms with Crippen molar-refractivity contribution in [1.29, 1.82) is 0 Å². The third-order valence-electron chi connectivity index (χ3n) is 6.19. The Labute approximate surface area is 214 Å². The molecule has 6 nitrogen and oxygen atoms in total. The summed E-state index contributed by atoms with van der Waals surface area (Å²) < 4.78 is 5.74. The highest BCUT2D eigenvalue weighted by atomic mass is 16.5. The summed E-state index contributed by atoms with van der Waals surface area (Å²) in [7, 11) is 0. The Morgan fingerprint density at radius 3 is 2.47 bits per heavy atom. The summed E-state index contributed by atoms with van der Waals surface area (Å²) in [6.45, 7) is 9.01. The van der Waals surface area contributed by atoms with E-state index in [1.54, 1.807) is 12.1 Å². The average Bonchev–Trinajstić information content (AvgIpc) is 2.84. The van der Waals surface area contributed by atoms with Gasteiger partial charge in [-0.2, -0.15) is 0 Å². The van der Waals surface area contributed by atoms with E-state index >= 15 is 0 Å². The summed E-state index contributed by atoms with van der Waals surface area (Å²) in [4.78, 5) is 29.3. The van der Waals surface area contributed by atoms with Crippen LogP contribution in [-0.4, -0.2) is 47.2 Å². The molecule has 36 heavy (non-hydrogen) atoms. The van der Waals surface area contributed by atoms with Crippen LogP contribution in [0.3, 0.4) is 0 Å². The van der Waals surface area contributed by atoms with Gasteiger partial charge in [0, 0.05) is 24.5 Å². The highest BCUT2D eigenvalue weighted by molar-refractivity contribution is 5.87. The number of benzene rings is 2. The SMILES string of the molecule is CC(C)(C)CN(CCCCCc1ccc(O)c2[nH]c(=O)ccc12)C(=O)CCOCCc1ccccc1. The van der Waals surface area contributed by atoms with Gasteiger partial charge in [-0.05, 0) is 54.4 Å². The molecule has 6 heteroatoms. The molecule has 0 saturated heterocycles. The number of nitrogens with zero attached hydrogens (tertiary/aromatic N) is 1. The number of carbonyl (C=O) groups excluding carboxylic acids is 1. The van der Waals surface area contributed by atoms with Gasteiger partial charge in [0.05, 0.1) is 25.2 Å². The lowest BCUT2D eigenvalue weighted by Gasteiger charge is -2.30. The van der Waals surface area contributed by atoms with Crippen molar-refractivity contribution < 1.29 is 14.6 Å². The lowest BCUT2D eigenvalue weighted by molar-refractivity contribution is -0.133. The third kappa shape index (κ3) is 8.83. The molecule has 0 aliphatic heterocycles. The van der Waals surface area contributed by atoms with E-state index in [-0.39, 0.29) is 22.6 Å². The molecule has 2 aromatic carbocycles. The highest BCUT2D eigenvalue weighted by Gasteiger charge is 2.20. The molecule has 0 bridgehead atoms. The van der Waals surface area contributed by atoms with E-state index in [1.165, 1.54) is 11.6 Å². The summed E-state index contributed by atoms with van der Waals surface area (Å²) in [6.07, 6.45) is 5.01. The van der Waals surface area contributed by atoms with Crippen molar-refractivity contribution in [2.45, 2.75) is 59.3 Å². The number of unbranched alkanes of at least 4 members (excludes halogenated alkanes) is 2. The Hall–Kier alpha value is -3.12. The van der Waals surface area contributed by atoms with E-state index in [4.69, 9.17) is 4.74 Å². The predicted octanol–water partition coefficient (Wildman–Crippen LogP) is 5.47. The number of carbonyl (C=O) groups is 1. The molecule has 0 radical (unpaired) electrons. The first-order chi connectivity index (χ1) is 17.2. The van der Waals surface area contributed by atoms with Crippen LogP contribution >= 0.6 is 0 Å². The molecule has 0 spiro atoms. The molecular formula is C30H40N2O4. The van der Waals surface area contributed by atoms with Crippen molar-refractivity contribution in [2.24, 2.45) is 5.41 Å². The number of aromatic amines is 1. The molecule has 2 N–H and O–H groups in total. The second-order valence-corrected chi connectivity index (χ2v) is 10.6. The van der Waals surface area contributed by atoms with Crippen LogP contribution < -0.4 is 5.56 Å². The maximum absolute atomic E-state index is 12.9. The number of pyridine rings is 1. The molecule has 1 amide bonds. The molecule has 0 unspecified atom stereocenters. The molecule has 0 saturated carbocycles. The van der Waals surface area contributed by atoms with Gasteiger partial charge in [0.15, 0.2) is 0 Å². The summed E-state index contributed by atoms with van der Waals surface area (Å²) >= 11 is 0. The molecule has 3 rings (SSSR count). The number of phenolic OH excluding ortho intramolecular Hbond substituents is 1.